The van der Waals surface area contributed by atoms with Crippen LogP contribution in [0.3, 0.4) is 0 Å². The Morgan fingerprint density at radius 2 is 1.75 bits per heavy atom. The van der Waals surface area contributed by atoms with Gasteiger partial charge in [-0.15, -0.1) is 6.58 Å². The predicted octanol–water partition coefficient (Wildman–Crippen LogP) is 3.39. The van der Waals surface area contributed by atoms with Crippen LogP contribution >= 0.6 is 11.3 Å². The number of hydrogen-bond acceptors (Lipinski definition) is 6. The monoisotopic (exact) mass is 542 g/mol. The van der Waals surface area contributed by atoms with Crippen molar-refractivity contribution in [2.24, 2.45) is 10.1 Å². The maximum atomic E-state index is 13.0. The highest BCUT2D eigenvalue weighted by Crippen LogP contribution is 2.22. The number of allylic oxidation sites excluding steroid dienone is 1. The number of nitrogens with one attached hydrogen (secondary N) is 1. The Kier molecular flexibility index (Phi) is 6.96. The number of nitrogens with zero attached hydrogens (tertiary/aromatic N) is 2. The summed E-state index contributed by atoms with van der Waals surface area (Å²) < 4.78 is 53.7. The number of carbonyl (C=O) groups excluding carboxylic acids is 1. The van der Waals surface area contributed by atoms with Crippen LogP contribution in [-0.2, 0) is 26.6 Å². The van der Waals surface area contributed by atoms with E-state index in [9.17, 15) is 21.6 Å². The summed E-state index contributed by atoms with van der Waals surface area (Å²) in [4.78, 5) is 17.6. The van der Waals surface area contributed by atoms with Gasteiger partial charge in [0, 0.05) is 17.8 Å². The number of aryl methyl sites for hydroxylation is 1. The molecule has 1 amide bonds. The van der Waals surface area contributed by atoms with Crippen molar-refractivity contribution in [3.8, 4) is 0 Å². The molecule has 3 aromatic carbocycles. The summed E-state index contributed by atoms with van der Waals surface area (Å²) in [5.41, 5.74) is 1.98. The maximum Gasteiger partial charge on any atom is 0.279 e. The number of thiazole rings is 1. The fraction of sp³-hybridized carbons (Fsp3) is 0.0833. The first-order valence-electron chi connectivity index (χ1n) is 10.5. The van der Waals surface area contributed by atoms with Crippen molar-refractivity contribution >= 4 is 53.2 Å². The van der Waals surface area contributed by atoms with Gasteiger partial charge in [-0.05, 0) is 55.5 Å². The number of sulfonamides is 2. The topological polar surface area (TPSA) is 141 Å². The fourth-order valence-electron chi connectivity index (χ4n) is 3.42. The van der Waals surface area contributed by atoms with E-state index in [0.717, 1.165) is 16.9 Å². The first-order chi connectivity index (χ1) is 17.0. The molecule has 36 heavy (non-hydrogen) atoms. The van der Waals surface area contributed by atoms with Gasteiger partial charge in [-0.2, -0.15) is 4.99 Å². The van der Waals surface area contributed by atoms with Gasteiger partial charge in [0.2, 0.25) is 10.0 Å². The van der Waals surface area contributed by atoms with E-state index >= 15 is 0 Å². The molecular weight excluding hydrogens is 520 g/mol. The zero-order valence-electron chi connectivity index (χ0n) is 19.1. The van der Waals surface area contributed by atoms with Crippen molar-refractivity contribution in [3.05, 3.63) is 95.3 Å². The Morgan fingerprint density at radius 3 is 2.42 bits per heavy atom. The van der Waals surface area contributed by atoms with Crippen molar-refractivity contribution in [2.45, 2.75) is 23.3 Å². The van der Waals surface area contributed by atoms with Crippen LogP contribution in [0, 0.1) is 6.92 Å². The predicted molar refractivity (Wildman–Crippen MR) is 140 cm³/mol. The highest BCUT2D eigenvalue weighted by atomic mass is 32.2. The van der Waals surface area contributed by atoms with Gasteiger partial charge in [0.25, 0.3) is 15.9 Å². The molecule has 12 heteroatoms. The molecule has 4 rings (SSSR count). The Hall–Kier alpha value is -3.58. The van der Waals surface area contributed by atoms with Gasteiger partial charge in [-0.25, -0.2) is 22.0 Å². The molecule has 0 bridgehead atoms. The summed E-state index contributed by atoms with van der Waals surface area (Å²) >= 11 is 1.13. The molecule has 0 aliphatic carbocycles. The molecular formula is C24H22N4O5S3. The number of anilines is 1. The largest absolute Gasteiger partial charge is 0.312 e. The van der Waals surface area contributed by atoms with Gasteiger partial charge < -0.3 is 4.57 Å². The van der Waals surface area contributed by atoms with Crippen molar-refractivity contribution in [3.63, 3.8) is 0 Å². The van der Waals surface area contributed by atoms with Gasteiger partial charge in [-0.1, -0.05) is 41.2 Å². The third-order valence-electron chi connectivity index (χ3n) is 5.18. The van der Waals surface area contributed by atoms with E-state index in [2.05, 4.69) is 16.3 Å². The molecule has 3 N–H and O–H groups in total. The highest BCUT2D eigenvalue weighted by Gasteiger charge is 2.16. The molecule has 0 aliphatic heterocycles. The van der Waals surface area contributed by atoms with Crippen LogP contribution in [-0.4, -0.2) is 27.3 Å². The summed E-state index contributed by atoms with van der Waals surface area (Å²) in [6.45, 7) is 5.92. The number of benzene rings is 3. The minimum atomic E-state index is -3.89. The molecule has 0 saturated carbocycles. The van der Waals surface area contributed by atoms with Gasteiger partial charge in [-0.3, -0.25) is 9.52 Å². The highest BCUT2D eigenvalue weighted by molar-refractivity contribution is 7.92. The molecule has 9 nitrogen and oxygen atoms in total. The van der Waals surface area contributed by atoms with E-state index in [1.807, 2.05) is 6.92 Å². The standard InChI is InChI=1S/C24H22N4O5S3/c1-3-13-28-21-12-11-20(35(25,30)31)15-22(21)34-24(28)26-23(29)17-5-4-6-18(14-17)27-36(32,33)19-9-7-16(2)8-10-19/h3-12,14-15,27H,1,13H2,2H3,(H2,25,30,31). The van der Waals surface area contributed by atoms with E-state index in [1.165, 1.54) is 42.5 Å². The molecule has 186 valence electrons. The molecule has 4 aromatic rings. The lowest BCUT2D eigenvalue weighted by Gasteiger charge is -2.09. The van der Waals surface area contributed by atoms with E-state index < -0.39 is 26.0 Å². The minimum Gasteiger partial charge on any atom is -0.312 e. The Bertz CT molecular complexity index is 1770. The van der Waals surface area contributed by atoms with E-state index in [0.29, 0.717) is 21.6 Å². The molecule has 0 saturated heterocycles. The zero-order valence-corrected chi connectivity index (χ0v) is 21.5. The van der Waals surface area contributed by atoms with Crippen LogP contribution in [0.5, 0.6) is 0 Å². The van der Waals surface area contributed by atoms with Gasteiger partial charge >= 0.3 is 0 Å². The van der Waals surface area contributed by atoms with Crippen LogP contribution in [0.2, 0.25) is 0 Å². The smallest absolute Gasteiger partial charge is 0.279 e. The van der Waals surface area contributed by atoms with E-state index in [4.69, 9.17) is 5.14 Å². The number of amides is 1. The van der Waals surface area contributed by atoms with Crippen molar-refractivity contribution in [1.29, 1.82) is 0 Å². The molecule has 0 radical (unpaired) electrons. The summed E-state index contributed by atoms with van der Waals surface area (Å²) in [5, 5.41) is 5.24. The van der Waals surface area contributed by atoms with Gasteiger partial charge in [0.15, 0.2) is 4.80 Å². The minimum absolute atomic E-state index is 0.0477. The zero-order chi connectivity index (χ0) is 26.1. The Labute approximate surface area is 212 Å². The van der Waals surface area contributed by atoms with Crippen LogP contribution in [0.1, 0.15) is 15.9 Å². The fourth-order valence-corrected chi connectivity index (χ4v) is 6.16. The average Bonchev–Trinajstić information content (AvgIpc) is 3.15. The van der Waals surface area contributed by atoms with Gasteiger partial charge in [0.05, 0.1) is 20.0 Å². The van der Waals surface area contributed by atoms with Crippen LogP contribution < -0.4 is 14.7 Å². The van der Waals surface area contributed by atoms with Crippen LogP contribution in [0.4, 0.5) is 5.69 Å². The molecule has 0 unspecified atom stereocenters. The number of primary sulfonamides is 1. The second kappa shape index (κ2) is 9.82. The SMILES string of the molecule is C=CCn1c(=NC(=O)c2cccc(NS(=O)(=O)c3ccc(C)cc3)c2)sc2cc(S(N)(=O)=O)ccc21. The number of carbonyl (C=O) groups is 1. The number of fused-ring (bicyclic) bond motifs is 1. The van der Waals surface area contributed by atoms with Crippen LogP contribution in [0.25, 0.3) is 10.2 Å². The lowest BCUT2D eigenvalue weighted by Crippen LogP contribution is -2.16. The number of aromatic nitrogens is 1. The Balaban J connectivity index is 1.70. The summed E-state index contributed by atoms with van der Waals surface area (Å²) in [6.07, 6.45) is 1.63. The summed E-state index contributed by atoms with van der Waals surface area (Å²) in [7, 11) is -7.74. The molecule has 0 atom stereocenters. The second-order valence-electron chi connectivity index (χ2n) is 7.87. The molecule has 0 aliphatic rings. The molecule has 1 heterocycles. The molecule has 0 spiro atoms. The summed E-state index contributed by atoms with van der Waals surface area (Å²) in [6, 6.07) is 16.8. The van der Waals surface area contributed by atoms with Gasteiger partial charge in [0.1, 0.15) is 0 Å². The molecule has 0 fully saturated rings. The van der Waals surface area contributed by atoms with E-state index in [-0.39, 0.29) is 21.0 Å². The second-order valence-corrected chi connectivity index (χ2v) is 12.1. The quantitative estimate of drug-likeness (QED) is 0.345. The lowest BCUT2D eigenvalue weighted by molar-refractivity contribution is 0.0998. The third-order valence-corrected chi connectivity index (χ3v) is 8.53. The van der Waals surface area contributed by atoms with E-state index in [1.54, 1.807) is 34.9 Å². The maximum absolute atomic E-state index is 13.0. The molecule has 1 aromatic heterocycles. The number of rotatable bonds is 7. The third kappa shape index (κ3) is 5.46. The van der Waals surface area contributed by atoms with Crippen LogP contribution in [0.15, 0.2) is 94.2 Å². The average molecular weight is 543 g/mol. The lowest BCUT2D eigenvalue weighted by atomic mass is 10.2. The normalized spacial score (nSPS) is 12.6. The first kappa shape index (κ1) is 25.5. The Morgan fingerprint density at radius 1 is 1.06 bits per heavy atom. The number of nitrogens with two attached hydrogens (primary N) is 1. The van der Waals surface area contributed by atoms with Crippen molar-refractivity contribution in [1.82, 2.24) is 4.57 Å². The first-order valence-corrected chi connectivity index (χ1v) is 14.4. The number of hydrogen-bond donors (Lipinski definition) is 2. The summed E-state index contributed by atoms with van der Waals surface area (Å²) in [5.74, 6) is -0.595. The van der Waals surface area contributed by atoms with Crippen molar-refractivity contribution < 1.29 is 21.6 Å². The van der Waals surface area contributed by atoms with Crippen molar-refractivity contribution in [2.75, 3.05) is 4.72 Å².